The van der Waals surface area contributed by atoms with Crippen molar-refractivity contribution in [2.45, 2.75) is 13.0 Å². The number of rotatable bonds is 7. The molecule has 3 aromatic rings. The topological polar surface area (TPSA) is 45.6 Å². The largest absolute Gasteiger partial charge is 0.494 e. The van der Waals surface area contributed by atoms with Crippen molar-refractivity contribution in [3.05, 3.63) is 47.5 Å². The summed E-state index contributed by atoms with van der Waals surface area (Å²) < 4.78 is 5.79. The summed E-state index contributed by atoms with van der Waals surface area (Å²) in [5.41, 5.74) is 2.16. The van der Waals surface area contributed by atoms with E-state index in [9.17, 15) is 5.11 Å². The van der Waals surface area contributed by atoms with Crippen molar-refractivity contribution in [1.29, 1.82) is 0 Å². The minimum atomic E-state index is 0.0269. The van der Waals surface area contributed by atoms with Crippen molar-refractivity contribution in [2.24, 2.45) is 0 Å². The lowest BCUT2D eigenvalue weighted by molar-refractivity contribution is 0.281. The summed E-state index contributed by atoms with van der Waals surface area (Å²) in [6.07, 6.45) is 2.79. The molecule has 1 N–H and O–H groups in total. The van der Waals surface area contributed by atoms with E-state index in [1.54, 1.807) is 17.5 Å². The van der Waals surface area contributed by atoms with E-state index in [1.807, 2.05) is 18.2 Å². The van der Waals surface area contributed by atoms with Crippen LogP contribution in [-0.2, 0) is 6.61 Å². The lowest BCUT2D eigenvalue weighted by Gasteiger charge is -2.11. The molecule has 0 aliphatic heterocycles. The van der Waals surface area contributed by atoms with E-state index in [1.165, 1.54) is 0 Å². The number of fused-ring (bicyclic) bond motifs is 1. The molecule has 126 valence electrons. The van der Waals surface area contributed by atoms with Gasteiger partial charge in [-0.2, -0.15) is 0 Å². The molecule has 5 heteroatoms. The van der Waals surface area contributed by atoms with Crippen LogP contribution < -0.4 is 4.74 Å². The Kier molecular flexibility index (Phi) is 5.45. The molecular formula is C19H22N2O2S. The van der Waals surface area contributed by atoms with Crippen molar-refractivity contribution >= 4 is 21.6 Å². The fraction of sp³-hybridized carbons (Fsp3) is 0.316. The molecule has 24 heavy (non-hydrogen) atoms. The highest BCUT2D eigenvalue weighted by molar-refractivity contribution is 7.19. The number of hydrogen-bond donors (Lipinski definition) is 1. The SMILES string of the molecule is CN(C)CCCOc1ccc(-c2c(CO)sc3ncccc23)cc1. The molecule has 0 unspecified atom stereocenters. The lowest BCUT2D eigenvalue weighted by atomic mass is 10.0. The van der Waals surface area contributed by atoms with Crippen LogP contribution >= 0.6 is 11.3 Å². The standard InChI is InChI=1S/C19H22N2O2S/c1-21(2)11-4-12-23-15-8-6-14(7-9-15)18-16-5-3-10-20-19(16)24-17(18)13-22/h3,5-10,22H,4,11-13H2,1-2H3. The summed E-state index contributed by atoms with van der Waals surface area (Å²) in [7, 11) is 4.13. The van der Waals surface area contributed by atoms with Crippen molar-refractivity contribution < 1.29 is 9.84 Å². The van der Waals surface area contributed by atoms with E-state index in [0.717, 1.165) is 44.9 Å². The van der Waals surface area contributed by atoms with Crippen LogP contribution in [0.5, 0.6) is 5.75 Å². The maximum atomic E-state index is 9.68. The number of benzene rings is 1. The smallest absolute Gasteiger partial charge is 0.124 e. The minimum Gasteiger partial charge on any atom is -0.494 e. The number of thiophene rings is 1. The first-order valence-electron chi connectivity index (χ1n) is 8.04. The Morgan fingerprint density at radius 3 is 2.67 bits per heavy atom. The van der Waals surface area contributed by atoms with Gasteiger partial charge in [0.05, 0.1) is 13.2 Å². The zero-order valence-electron chi connectivity index (χ0n) is 14.0. The van der Waals surface area contributed by atoms with Crippen LogP contribution in [0.3, 0.4) is 0 Å². The zero-order valence-corrected chi connectivity index (χ0v) is 14.8. The van der Waals surface area contributed by atoms with Gasteiger partial charge in [-0.1, -0.05) is 12.1 Å². The predicted molar refractivity (Wildman–Crippen MR) is 99.6 cm³/mol. The number of pyridine rings is 1. The highest BCUT2D eigenvalue weighted by atomic mass is 32.1. The second-order valence-electron chi connectivity index (χ2n) is 5.94. The molecule has 2 heterocycles. The Labute approximate surface area is 146 Å². The second-order valence-corrected chi connectivity index (χ2v) is 7.03. The molecule has 0 radical (unpaired) electrons. The molecule has 2 aromatic heterocycles. The first-order valence-corrected chi connectivity index (χ1v) is 8.86. The predicted octanol–water partition coefficient (Wildman–Crippen LogP) is 3.79. The molecule has 0 amide bonds. The molecule has 3 rings (SSSR count). The van der Waals surface area contributed by atoms with E-state index in [4.69, 9.17) is 4.74 Å². The summed E-state index contributed by atoms with van der Waals surface area (Å²) in [6, 6.07) is 12.1. The van der Waals surface area contributed by atoms with Crippen LogP contribution in [0.2, 0.25) is 0 Å². The summed E-state index contributed by atoms with van der Waals surface area (Å²) in [5.74, 6) is 0.876. The molecule has 0 fully saturated rings. The van der Waals surface area contributed by atoms with E-state index in [0.29, 0.717) is 6.61 Å². The van der Waals surface area contributed by atoms with Crippen molar-refractivity contribution in [2.75, 3.05) is 27.2 Å². The van der Waals surface area contributed by atoms with Gasteiger partial charge in [-0.15, -0.1) is 11.3 Å². The first-order chi connectivity index (χ1) is 11.7. The van der Waals surface area contributed by atoms with Crippen LogP contribution in [0.15, 0.2) is 42.6 Å². The van der Waals surface area contributed by atoms with E-state index >= 15 is 0 Å². The van der Waals surface area contributed by atoms with Crippen LogP contribution in [-0.4, -0.2) is 42.2 Å². The summed E-state index contributed by atoms with van der Waals surface area (Å²) >= 11 is 1.55. The Bertz CT molecular complexity index is 797. The fourth-order valence-electron chi connectivity index (χ4n) is 2.70. The van der Waals surface area contributed by atoms with Gasteiger partial charge in [0.25, 0.3) is 0 Å². The van der Waals surface area contributed by atoms with Gasteiger partial charge in [0.2, 0.25) is 0 Å². The first kappa shape index (κ1) is 16.9. The molecule has 4 nitrogen and oxygen atoms in total. The van der Waals surface area contributed by atoms with Gasteiger partial charge in [0.1, 0.15) is 10.6 Å². The summed E-state index contributed by atoms with van der Waals surface area (Å²) in [4.78, 5) is 8.45. The molecule has 0 saturated carbocycles. The van der Waals surface area contributed by atoms with E-state index in [2.05, 4.69) is 42.2 Å². The fourth-order valence-corrected chi connectivity index (χ4v) is 3.72. The van der Waals surface area contributed by atoms with Crippen LogP contribution in [0.25, 0.3) is 21.3 Å². The van der Waals surface area contributed by atoms with Gasteiger partial charge in [0, 0.05) is 28.6 Å². The number of hydrogen-bond acceptors (Lipinski definition) is 5. The summed E-state index contributed by atoms with van der Waals surface area (Å²) in [5, 5.41) is 10.8. The Hall–Kier alpha value is -1.95. The van der Waals surface area contributed by atoms with Crippen molar-refractivity contribution in [3.8, 4) is 16.9 Å². The second kappa shape index (κ2) is 7.75. The molecule has 1 aromatic carbocycles. The number of ether oxygens (including phenoxy) is 1. The van der Waals surface area contributed by atoms with Gasteiger partial charge in [-0.3, -0.25) is 0 Å². The number of nitrogens with zero attached hydrogens (tertiary/aromatic N) is 2. The number of aliphatic hydroxyl groups is 1. The van der Waals surface area contributed by atoms with Crippen molar-refractivity contribution in [1.82, 2.24) is 9.88 Å². The molecule has 0 saturated heterocycles. The maximum Gasteiger partial charge on any atom is 0.124 e. The maximum absolute atomic E-state index is 9.68. The van der Waals surface area contributed by atoms with Crippen molar-refractivity contribution in [3.63, 3.8) is 0 Å². The molecule has 0 bridgehead atoms. The quantitative estimate of drug-likeness (QED) is 0.664. The Balaban J connectivity index is 1.78. The third-order valence-electron chi connectivity index (χ3n) is 3.84. The molecule has 0 aliphatic carbocycles. The van der Waals surface area contributed by atoms with Gasteiger partial charge in [-0.25, -0.2) is 4.98 Å². The number of aliphatic hydroxyl groups excluding tert-OH is 1. The minimum absolute atomic E-state index is 0.0269. The summed E-state index contributed by atoms with van der Waals surface area (Å²) in [6.45, 7) is 1.76. The average molecular weight is 342 g/mol. The molecule has 0 atom stereocenters. The van der Waals surface area contributed by atoms with Crippen LogP contribution in [0.1, 0.15) is 11.3 Å². The van der Waals surface area contributed by atoms with Gasteiger partial charge in [0.15, 0.2) is 0 Å². The monoisotopic (exact) mass is 342 g/mol. The normalized spacial score (nSPS) is 11.3. The van der Waals surface area contributed by atoms with E-state index in [-0.39, 0.29) is 6.61 Å². The lowest BCUT2D eigenvalue weighted by Crippen LogP contribution is -2.15. The van der Waals surface area contributed by atoms with Crippen LogP contribution in [0, 0.1) is 0 Å². The zero-order chi connectivity index (χ0) is 16.9. The van der Waals surface area contributed by atoms with Gasteiger partial charge < -0.3 is 14.7 Å². The van der Waals surface area contributed by atoms with Crippen LogP contribution in [0.4, 0.5) is 0 Å². The molecule has 0 aliphatic rings. The highest BCUT2D eigenvalue weighted by Crippen LogP contribution is 2.38. The highest BCUT2D eigenvalue weighted by Gasteiger charge is 2.14. The van der Waals surface area contributed by atoms with Gasteiger partial charge >= 0.3 is 0 Å². The Morgan fingerprint density at radius 2 is 1.96 bits per heavy atom. The molecular weight excluding hydrogens is 320 g/mol. The number of aromatic nitrogens is 1. The Morgan fingerprint density at radius 1 is 1.17 bits per heavy atom. The molecule has 0 spiro atoms. The third-order valence-corrected chi connectivity index (χ3v) is 4.94. The third kappa shape index (κ3) is 3.75. The average Bonchev–Trinajstić information content (AvgIpc) is 2.98. The van der Waals surface area contributed by atoms with Gasteiger partial charge in [-0.05, 0) is 50.3 Å². The van der Waals surface area contributed by atoms with E-state index < -0.39 is 0 Å².